The summed E-state index contributed by atoms with van der Waals surface area (Å²) in [7, 11) is 0. The molecule has 2 unspecified atom stereocenters. The van der Waals surface area contributed by atoms with Gasteiger partial charge in [-0.25, -0.2) is 9.59 Å². The van der Waals surface area contributed by atoms with E-state index in [1.807, 2.05) is 60.7 Å². The molecule has 7 heteroatoms. The topological polar surface area (TPSA) is 119 Å². The second kappa shape index (κ2) is 9.29. The summed E-state index contributed by atoms with van der Waals surface area (Å²) >= 11 is 0. The molecule has 7 nitrogen and oxygen atoms in total. The summed E-state index contributed by atoms with van der Waals surface area (Å²) in [6, 6.07) is 16.7. The Balaban J connectivity index is 2.00. The van der Waals surface area contributed by atoms with Crippen LogP contribution in [0.25, 0.3) is 0 Å². The lowest BCUT2D eigenvalue weighted by Gasteiger charge is -2.22. The van der Waals surface area contributed by atoms with Crippen molar-refractivity contribution < 1.29 is 14.3 Å². The predicted octanol–water partition coefficient (Wildman–Crippen LogP) is 1.82. The summed E-state index contributed by atoms with van der Waals surface area (Å²) in [5.74, 6) is 0. The highest BCUT2D eigenvalue weighted by atomic mass is 16.5. The van der Waals surface area contributed by atoms with Crippen LogP contribution in [-0.2, 0) is 4.74 Å². The Hall–Kier alpha value is -3.06. The van der Waals surface area contributed by atoms with Crippen LogP contribution < -0.4 is 22.1 Å². The third-order valence-corrected chi connectivity index (χ3v) is 3.61. The molecule has 2 aromatic carbocycles. The van der Waals surface area contributed by atoms with Gasteiger partial charge in [-0.1, -0.05) is 60.7 Å². The van der Waals surface area contributed by atoms with E-state index >= 15 is 0 Å². The fraction of sp³-hybridized carbons (Fsp3) is 0.222. The van der Waals surface area contributed by atoms with Gasteiger partial charge in [-0.05, 0) is 11.1 Å². The van der Waals surface area contributed by atoms with Crippen LogP contribution in [0.2, 0.25) is 0 Å². The first-order chi connectivity index (χ1) is 12.1. The van der Waals surface area contributed by atoms with E-state index in [0.29, 0.717) is 0 Å². The normalized spacial score (nSPS) is 12.8. The lowest BCUT2D eigenvalue weighted by atomic mass is 10.1. The summed E-state index contributed by atoms with van der Waals surface area (Å²) in [5, 5.41) is 5.30. The van der Waals surface area contributed by atoms with E-state index in [9.17, 15) is 9.59 Å². The van der Waals surface area contributed by atoms with Crippen LogP contribution in [0.3, 0.4) is 0 Å². The molecule has 0 aromatic heterocycles. The van der Waals surface area contributed by atoms with Crippen molar-refractivity contribution in [1.29, 1.82) is 0 Å². The maximum atomic E-state index is 11.2. The van der Waals surface area contributed by atoms with Crippen LogP contribution in [0.4, 0.5) is 9.59 Å². The molecule has 6 N–H and O–H groups in total. The maximum absolute atomic E-state index is 11.2. The molecule has 132 valence electrons. The average Bonchev–Trinajstić information content (AvgIpc) is 2.61. The van der Waals surface area contributed by atoms with E-state index < -0.39 is 12.1 Å². The molecule has 0 bridgehead atoms. The van der Waals surface area contributed by atoms with E-state index in [-0.39, 0.29) is 25.3 Å². The number of benzene rings is 2. The lowest BCUT2D eigenvalue weighted by molar-refractivity contribution is 0.0956. The van der Waals surface area contributed by atoms with Gasteiger partial charge in [0.25, 0.3) is 0 Å². The number of amides is 4. The van der Waals surface area contributed by atoms with Crippen molar-refractivity contribution in [1.82, 2.24) is 10.6 Å². The number of nitrogens with two attached hydrogens (primary N) is 2. The van der Waals surface area contributed by atoms with Crippen LogP contribution in [0.5, 0.6) is 0 Å². The average molecular weight is 342 g/mol. The first-order valence-electron chi connectivity index (χ1n) is 7.86. The number of rotatable bonds is 8. The molecule has 0 heterocycles. The fourth-order valence-electron chi connectivity index (χ4n) is 2.46. The molecular weight excluding hydrogens is 320 g/mol. The van der Waals surface area contributed by atoms with Gasteiger partial charge >= 0.3 is 12.1 Å². The number of nitrogens with one attached hydrogen (secondary N) is 2. The summed E-state index contributed by atoms with van der Waals surface area (Å²) in [6.07, 6.45) is 0. The van der Waals surface area contributed by atoms with E-state index in [1.54, 1.807) is 0 Å². The Morgan fingerprint density at radius 2 is 1.12 bits per heavy atom. The number of ether oxygens (including phenoxy) is 1. The first-order valence-corrected chi connectivity index (χ1v) is 7.86. The van der Waals surface area contributed by atoms with Crippen LogP contribution in [-0.4, -0.2) is 25.3 Å². The van der Waals surface area contributed by atoms with E-state index in [0.717, 1.165) is 11.1 Å². The molecule has 0 aliphatic rings. The van der Waals surface area contributed by atoms with Crippen molar-refractivity contribution in [3.8, 4) is 0 Å². The van der Waals surface area contributed by atoms with E-state index in [1.165, 1.54) is 0 Å². The molecule has 0 radical (unpaired) electrons. The molecule has 25 heavy (non-hydrogen) atoms. The SMILES string of the molecule is NC(=O)NC(COCC(NC(N)=O)c1ccccc1)c1ccccc1. The largest absolute Gasteiger partial charge is 0.376 e. The summed E-state index contributed by atoms with van der Waals surface area (Å²) in [5.41, 5.74) is 12.2. The molecule has 4 amide bonds. The number of urea groups is 2. The van der Waals surface area contributed by atoms with Gasteiger partial charge < -0.3 is 26.8 Å². The minimum absolute atomic E-state index is 0.205. The number of carbonyl (C=O) groups is 2. The lowest BCUT2D eigenvalue weighted by Crippen LogP contribution is -2.38. The number of hydrogen-bond acceptors (Lipinski definition) is 3. The molecular formula is C18H22N4O3. The van der Waals surface area contributed by atoms with Crippen LogP contribution >= 0.6 is 0 Å². The van der Waals surface area contributed by atoms with Crippen molar-refractivity contribution in [2.24, 2.45) is 11.5 Å². The van der Waals surface area contributed by atoms with Gasteiger partial charge in [0.2, 0.25) is 0 Å². The smallest absolute Gasteiger partial charge is 0.312 e. The van der Waals surface area contributed by atoms with Crippen molar-refractivity contribution in [2.75, 3.05) is 13.2 Å². The van der Waals surface area contributed by atoms with Crippen LogP contribution in [0, 0.1) is 0 Å². The second-order valence-electron chi connectivity index (χ2n) is 5.48. The van der Waals surface area contributed by atoms with Gasteiger partial charge in [-0.15, -0.1) is 0 Å². The van der Waals surface area contributed by atoms with Gasteiger partial charge in [0.15, 0.2) is 0 Å². The third-order valence-electron chi connectivity index (χ3n) is 3.61. The Kier molecular flexibility index (Phi) is 6.79. The van der Waals surface area contributed by atoms with Gasteiger partial charge in [-0.2, -0.15) is 0 Å². The van der Waals surface area contributed by atoms with Crippen LogP contribution in [0.1, 0.15) is 23.2 Å². The van der Waals surface area contributed by atoms with Crippen LogP contribution in [0.15, 0.2) is 60.7 Å². The second-order valence-corrected chi connectivity index (χ2v) is 5.48. The van der Waals surface area contributed by atoms with E-state index in [2.05, 4.69) is 10.6 Å². The summed E-state index contributed by atoms with van der Waals surface area (Å²) in [6.45, 7) is 0.410. The highest BCUT2D eigenvalue weighted by molar-refractivity contribution is 5.72. The molecule has 0 aliphatic carbocycles. The Bertz CT molecular complexity index is 620. The quantitative estimate of drug-likeness (QED) is 0.586. The van der Waals surface area contributed by atoms with Crippen molar-refractivity contribution in [3.63, 3.8) is 0 Å². The molecule has 0 aliphatic heterocycles. The Morgan fingerprint density at radius 1 is 0.760 bits per heavy atom. The molecule has 0 spiro atoms. The Morgan fingerprint density at radius 3 is 1.44 bits per heavy atom. The Labute approximate surface area is 146 Å². The van der Waals surface area contributed by atoms with Crippen molar-refractivity contribution in [3.05, 3.63) is 71.8 Å². The van der Waals surface area contributed by atoms with Gasteiger partial charge in [0.1, 0.15) is 0 Å². The fourth-order valence-corrected chi connectivity index (χ4v) is 2.46. The minimum atomic E-state index is -0.632. The van der Waals surface area contributed by atoms with Gasteiger partial charge in [-0.3, -0.25) is 0 Å². The van der Waals surface area contributed by atoms with Gasteiger partial charge in [0.05, 0.1) is 25.3 Å². The number of primary amides is 2. The molecule has 2 atom stereocenters. The summed E-state index contributed by atoms with van der Waals surface area (Å²) in [4.78, 5) is 22.5. The number of carbonyl (C=O) groups excluding carboxylic acids is 2. The molecule has 2 aromatic rings. The summed E-state index contributed by atoms with van der Waals surface area (Å²) < 4.78 is 5.73. The van der Waals surface area contributed by atoms with Crippen molar-refractivity contribution >= 4 is 12.1 Å². The first kappa shape index (κ1) is 18.3. The highest BCUT2D eigenvalue weighted by Gasteiger charge is 2.17. The predicted molar refractivity (Wildman–Crippen MR) is 94.6 cm³/mol. The molecule has 0 saturated carbocycles. The van der Waals surface area contributed by atoms with Crippen molar-refractivity contribution in [2.45, 2.75) is 12.1 Å². The highest BCUT2D eigenvalue weighted by Crippen LogP contribution is 2.16. The van der Waals surface area contributed by atoms with Gasteiger partial charge in [0, 0.05) is 0 Å². The third kappa shape index (κ3) is 6.15. The zero-order chi connectivity index (χ0) is 18.1. The van der Waals surface area contributed by atoms with E-state index in [4.69, 9.17) is 16.2 Å². The standard InChI is InChI=1S/C18H22N4O3/c19-17(23)21-15(13-7-3-1-4-8-13)11-25-12-16(22-18(20)24)14-9-5-2-6-10-14/h1-10,15-16H,11-12H2,(H3,19,21,23)(H3,20,22,24). The zero-order valence-corrected chi connectivity index (χ0v) is 13.7. The maximum Gasteiger partial charge on any atom is 0.312 e. The molecule has 2 rings (SSSR count). The molecule has 0 saturated heterocycles. The molecule has 0 fully saturated rings. The number of hydrogen-bond donors (Lipinski definition) is 4. The monoisotopic (exact) mass is 342 g/mol. The minimum Gasteiger partial charge on any atom is -0.376 e. The zero-order valence-electron chi connectivity index (χ0n) is 13.7.